The van der Waals surface area contributed by atoms with Crippen molar-refractivity contribution in [1.82, 2.24) is 0 Å². The quantitative estimate of drug-likeness (QED) is 0.111. The van der Waals surface area contributed by atoms with Crippen LogP contribution >= 0.6 is 69.2 Å². The van der Waals surface area contributed by atoms with Crippen LogP contribution in [0.25, 0.3) is 0 Å². The Bertz CT molecular complexity index is 431. The third-order valence-corrected chi connectivity index (χ3v) is 41.7. The average molecular weight is 539 g/mol. The lowest BCUT2D eigenvalue weighted by Gasteiger charge is -2.76. The van der Waals surface area contributed by atoms with Crippen LogP contribution in [-0.4, -0.2) is 46.0 Å². The molecule has 0 aliphatic heterocycles. The molecular formula is C22H50S7. The highest BCUT2D eigenvalue weighted by molar-refractivity contribution is 9.97. The smallest absolute Gasteiger partial charge is 0.00944 e. The second kappa shape index (κ2) is 15.4. The minimum Gasteiger partial charge on any atom is -0.165 e. The van der Waals surface area contributed by atoms with Crippen molar-refractivity contribution in [3.63, 3.8) is 0 Å². The summed E-state index contributed by atoms with van der Waals surface area (Å²) in [6.45, 7) is 16.9. The van der Waals surface area contributed by atoms with Crippen molar-refractivity contribution < 1.29 is 0 Å². The molecule has 0 rings (SSSR count). The van der Waals surface area contributed by atoms with Gasteiger partial charge in [0.05, 0.1) is 0 Å². The van der Waals surface area contributed by atoms with Crippen molar-refractivity contribution >= 4 is 69.2 Å². The van der Waals surface area contributed by atoms with Crippen LogP contribution in [0.5, 0.6) is 0 Å². The summed E-state index contributed by atoms with van der Waals surface area (Å²) in [5.41, 5.74) is 0. The monoisotopic (exact) mass is 538 g/mol. The Balaban J connectivity index is 6.29. The Morgan fingerprint density at radius 1 is 0.690 bits per heavy atom. The summed E-state index contributed by atoms with van der Waals surface area (Å²) in [5.74, 6) is 8.68. The standard InChI is InChI=1S/C22H50S7/c1-9-12-18-26-29(24-11-3,25-16-10-2,28-22(6)7,27-20-21(4)5)19-15-13-14-17-23-8/h21-22H,9-20H2,1-8H3. The van der Waals surface area contributed by atoms with E-state index in [2.05, 4.69) is 109 Å². The molecule has 0 heterocycles. The van der Waals surface area contributed by atoms with E-state index in [1.165, 1.54) is 73.0 Å². The van der Waals surface area contributed by atoms with Gasteiger partial charge in [-0.3, -0.25) is 0 Å². The van der Waals surface area contributed by atoms with E-state index < -0.39 is 3.45 Å². The van der Waals surface area contributed by atoms with Gasteiger partial charge < -0.3 is 0 Å². The van der Waals surface area contributed by atoms with Crippen molar-refractivity contribution in [2.24, 2.45) is 5.92 Å². The molecule has 180 valence electrons. The molecule has 0 spiro atoms. The zero-order valence-corrected chi connectivity index (χ0v) is 26.2. The first kappa shape index (κ1) is 31.4. The molecule has 7 heteroatoms. The summed E-state index contributed by atoms with van der Waals surface area (Å²) in [5, 5.41) is 0.681. The minimum absolute atomic E-state index is 0.681. The molecule has 0 aromatic carbocycles. The summed E-state index contributed by atoms with van der Waals surface area (Å²) in [6.07, 6.45) is 10.4. The summed E-state index contributed by atoms with van der Waals surface area (Å²) in [6, 6.07) is 0. The SMILES string of the molecule is CCCCSS(CCCCCSC)(SCC)(SCCC)(SCC(C)C)SC(C)C. The molecule has 0 atom stereocenters. The molecule has 0 nitrogen and oxygen atoms in total. The highest BCUT2D eigenvalue weighted by Gasteiger charge is 2.62. The summed E-state index contributed by atoms with van der Waals surface area (Å²) in [7, 11) is 12.2. The average Bonchev–Trinajstić information content (AvgIpc) is 2.66. The van der Waals surface area contributed by atoms with Crippen LogP contribution in [-0.2, 0) is 0 Å². The Morgan fingerprint density at radius 2 is 1.38 bits per heavy atom. The van der Waals surface area contributed by atoms with E-state index in [0.29, 0.717) is 5.25 Å². The van der Waals surface area contributed by atoms with Gasteiger partial charge in [-0.1, -0.05) is 119 Å². The number of rotatable bonds is 20. The maximum Gasteiger partial charge on any atom is 0.00944 e. The molecule has 0 aromatic rings. The van der Waals surface area contributed by atoms with Crippen LogP contribution in [0.15, 0.2) is 0 Å². The van der Waals surface area contributed by atoms with Gasteiger partial charge in [-0.2, -0.15) is 11.8 Å². The van der Waals surface area contributed by atoms with E-state index in [1.807, 2.05) is 11.8 Å². The van der Waals surface area contributed by atoms with E-state index in [9.17, 15) is 0 Å². The lowest BCUT2D eigenvalue weighted by Crippen LogP contribution is -2.26. The molecule has 0 N–H and O–H groups in total. The van der Waals surface area contributed by atoms with Gasteiger partial charge in [0, 0.05) is 34.0 Å². The van der Waals surface area contributed by atoms with E-state index in [-0.39, 0.29) is 0 Å². The Kier molecular flexibility index (Phi) is 16.7. The second-order valence-corrected chi connectivity index (χ2v) is 39.3. The largest absolute Gasteiger partial charge is 0.165 e. The lowest BCUT2D eigenvalue weighted by atomic mass is 10.3. The summed E-state index contributed by atoms with van der Waals surface area (Å²) in [4.78, 5) is 0. The lowest BCUT2D eigenvalue weighted by molar-refractivity contribution is 0.752. The van der Waals surface area contributed by atoms with Gasteiger partial charge in [-0.05, 0) is 43.6 Å². The maximum atomic E-state index is 2.46. The molecule has 0 saturated carbocycles. The molecule has 0 aromatic heterocycles. The fourth-order valence-corrected chi connectivity index (χ4v) is 45.4. The van der Waals surface area contributed by atoms with E-state index >= 15 is 0 Å². The van der Waals surface area contributed by atoms with Gasteiger partial charge >= 0.3 is 0 Å². The number of hydrogen-bond acceptors (Lipinski definition) is 6. The van der Waals surface area contributed by atoms with Crippen LogP contribution in [0, 0.1) is 5.92 Å². The van der Waals surface area contributed by atoms with Gasteiger partial charge in [-0.25, -0.2) is 0 Å². The Morgan fingerprint density at radius 3 is 1.90 bits per heavy atom. The maximum absolute atomic E-state index is 2.53. The molecule has 0 saturated heterocycles. The van der Waals surface area contributed by atoms with Crippen molar-refractivity contribution in [2.45, 2.75) is 92.2 Å². The predicted octanol–water partition coefficient (Wildman–Crippen LogP) is 10.9. The fraction of sp³-hybridized carbons (Fsp3) is 1.00. The molecule has 29 heavy (non-hydrogen) atoms. The van der Waals surface area contributed by atoms with Crippen LogP contribution < -0.4 is 0 Å². The first-order chi connectivity index (χ1) is 13.7. The van der Waals surface area contributed by atoms with E-state index in [1.54, 1.807) is 0 Å². The molecule has 0 amide bonds. The first-order valence-electron chi connectivity index (χ1n) is 11.5. The van der Waals surface area contributed by atoms with E-state index in [4.69, 9.17) is 0 Å². The highest BCUT2D eigenvalue weighted by Crippen LogP contribution is 3.22. The molecule has 0 unspecified atom stereocenters. The summed E-state index contributed by atoms with van der Waals surface area (Å²) < 4.78 is -2.53. The van der Waals surface area contributed by atoms with Crippen LogP contribution in [0.4, 0.5) is 0 Å². The Hall–Kier alpha value is 2.45. The van der Waals surface area contributed by atoms with Crippen molar-refractivity contribution in [2.75, 3.05) is 40.8 Å². The first-order valence-corrected chi connectivity index (χ1v) is 23.0. The second-order valence-electron chi connectivity index (χ2n) is 8.25. The van der Waals surface area contributed by atoms with Gasteiger partial charge in [0.1, 0.15) is 0 Å². The Labute approximate surface area is 206 Å². The minimum atomic E-state index is -2.53. The molecular weight excluding hydrogens is 489 g/mol. The fourth-order valence-electron chi connectivity index (χ4n) is 3.12. The van der Waals surface area contributed by atoms with Gasteiger partial charge in [0.25, 0.3) is 0 Å². The zero-order valence-electron chi connectivity index (χ0n) is 20.5. The van der Waals surface area contributed by atoms with Crippen LogP contribution in [0.3, 0.4) is 0 Å². The third-order valence-electron chi connectivity index (χ3n) is 4.32. The predicted molar refractivity (Wildman–Crippen MR) is 163 cm³/mol. The van der Waals surface area contributed by atoms with Gasteiger partial charge in [0.2, 0.25) is 0 Å². The molecule has 0 bridgehead atoms. The number of hydrogen-bond donors (Lipinski definition) is 0. The normalized spacial score (nSPS) is 15.1. The number of thioether (sulfide) groups is 1. The molecule has 0 fully saturated rings. The zero-order chi connectivity index (χ0) is 22.3. The van der Waals surface area contributed by atoms with Gasteiger partial charge in [-0.15, -0.1) is 0 Å². The van der Waals surface area contributed by atoms with Crippen LogP contribution in [0.2, 0.25) is 0 Å². The van der Waals surface area contributed by atoms with E-state index in [0.717, 1.165) is 5.92 Å². The van der Waals surface area contributed by atoms with Crippen molar-refractivity contribution in [3.05, 3.63) is 0 Å². The highest BCUT2D eigenvalue weighted by atomic mass is 34.4. The topological polar surface area (TPSA) is 0 Å². The van der Waals surface area contributed by atoms with Crippen molar-refractivity contribution in [3.8, 4) is 0 Å². The van der Waals surface area contributed by atoms with Gasteiger partial charge in [0.15, 0.2) is 0 Å². The molecule has 0 aliphatic rings. The summed E-state index contributed by atoms with van der Waals surface area (Å²) >= 11 is 2.01. The van der Waals surface area contributed by atoms with Crippen molar-refractivity contribution in [1.29, 1.82) is 0 Å². The third kappa shape index (κ3) is 10.5. The van der Waals surface area contributed by atoms with Crippen LogP contribution in [0.1, 0.15) is 87.0 Å². The number of unbranched alkanes of at least 4 members (excludes halogenated alkanes) is 3. The molecule has 0 radical (unpaired) electrons. The molecule has 0 aliphatic carbocycles.